The number of aromatic nitrogens is 4. The Morgan fingerprint density at radius 3 is 2.63 bits per heavy atom. The molecule has 0 aliphatic carbocycles. The van der Waals surface area contributed by atoms with Crippen molar-refractivity contribution < 1.29 is 14.3 Å². The molecule has 1 atom stereocenters. The first-order valence-electron chi connectivity index (χ1n) is 13.7. The van der Waals surface area contributed by atoms with E-state index in [-0.39, 0.29) is 19.1 Å². The summed E-state index contributed by atoms with van der Waals surface area (Å²) in [5.74, 6) is 0.973. The third-order valence-corrected chi connectivity index (χ3v) is 7.63. The van der Waals surface area contributed by atoms with Gasteiger partial charge in [0.15, 0.2) is 0 Å². The molecule has 12 heteroatoms. The molecule has 218 valence electrons. The smallest absolute Gasteiger partial charge is 0.407 e. The van der Waals surface area contributed by atoms with E-state index >= 15 is 0 Å². The number of alkyl carbamates (subject to hydrolysis) is 1. The lowest BCUT2D eigenvalue weighted by atomic mass is 10.1. The number of nitrogens with one attached hydrogen (secondary N) is 3. The predicted octanol–water partition coefficient (Wildman–Crippen LogP) is 6.29. The van der Waals surface area contributed by atoms with Crippen LogP contribution in [0.5, 0.6) is 0 Å². The lowest BCUT2D eigenvalue weighted by Gasteiger charge is -2.20. The maximum absolute atomic E-state index is 13.0. The van der Waals surface area contributed by atoms with Gasteiger partial charge in [0.2, 0.25) is 0 Å². The SMILES string of the molecule is O=C(NCC[C@H](Nc1ncnc2cc(C(=O)N3CC=CC3)c(Cl)cc12)c1nc2ccc(Cl)cc2[nH]1)OCc1ccccc1. The maximum Gasteiger partial charge on any atom is 0.407 e. The molecule has 1 aliphatic rings. The predicted molar refractivity (Wildman–Crippen MR) is 166 cm³/mol. The largest absolute Gasteiger partial charge is 0.445 e. The highest BCUT2D eigenvalue weighted by Gasteiger charge is 2.23. The zero-order valence-corrected chi connectivity index (χ0v) is 24.4. The van der Waals surface area contributed by atoms with Gasteiger partial charge in [-0.2, -0.15) is 0 Å². The molecule has 2 amide bonds. The van der Waals surface area contributed by atoms with E-state index < -0.39 is 12.1 Å². The van der Waals surface area contributed by atoms with E-state index in [0.29, 0.717) is 57.7 Å². The van der Waals surface area contributed by atoms with Crippen molar-refractivity contribution in [3.8, 4) is 0 Å². The van der Waals surface area contributed by atoms with Crippen molar-refractivity contribution in [2.45, 2.75) is 19.1 Å². The van der Waals surface area contributed by atoms with Crippen LogP contribution in [0.1, 0.15) is 34.2 Å². The summed E-state index contributed by atoms with van der Waals surface area (Å²) in [6.07, 6.45) is 5.23. The number of imidazole rings is 1. The molecule has 0 unspecified atom stereocenters. The number of rotatable bonds is 9. The number of nitrogens with zero attached hydrogens (tertiary/aromatic N) is 4. The Morgan fingerprint density at radius 1 is 1.00 bits per heavy atom. The van der Waals surface area contributed by atoms with E-state index in [4.69, 9.17) is 32.9 Å². The molecule has 0 radical (unpaired) electrons. The number of aromatic amines is 1. The first-order valence-corrected chi connectivity index (χ1v) is 14.4. The van der Waals surface area contributed by atoms with Crippen molar-refractivity contribution in [1.82, 2.24) is 30.2 Å². The van der Waals surface area contributed by atoms with Crippen LogP contribution in [0.15, 0.2) is 79.1 Å². The third kappa shape index (κ3) is 6.55. The summed E-state index contributed by atoms with van der Waals surface area (Å²) in [5, 5.41) is 7.78. The van der Waals surface area contributed by atoms with Gasteiger partial charge in [-0.25, -0.2) is 19.7 Å². The fraction of sp³-hybridized carbons (Fsp3) is 0.194. The Morgan fingerprint density at radius 2 is 1.81 bits per heavy atom. The van der Waals surface area contributed by atoms with Gasteiger partial charge in [0.05, 0.1) is 33.2 Å². The average molecular weight is 617 g/mol. The number of benzene rings is 3. The van der Waals surface area contributed by atoms with Crippen molar-refractivity contribution >= 4 is 63.0 Å². The van der Waals surface area contributed by atoms with Crippen LogP contribution in [0.4, 0.5) is 10.6 Å². The number of fused-ring (bicyclic) bond motifs is 2. The molecule has 43 heavy (non-hydrogen) atoms. The van der Waals surface area contributed by atoms with E-state index in [9.17, 15) is 9.59 Å². The molecule has 3 heterocycles. The Balaban J connectivity index is 1.23. The second kappa shape index (κ2) is 12.7. The summed E-state index contributed by atoms with van der Waals surface area (Å²) in [5.41, 5.74) is 3.37. The molecule has 1 aliphatic heterocycles. The van der Waals surface area contributed by atoms with Gasteiger partial charge in [0.25, 0.3) is 5.91 Å². The molecule has 0 saturated carbocycles. The minimum absolute atomic E-state index is 0.158. The molecule has 6 rings (SSSR count). The van der Waals surface area contributed by atoms with E-state index in [0.717, 1.165) is 16.6 Å². The van der Waals surface area contributed by atoms with Crippen LogP contribution in [-0.2, 0) is 11.3 Å². The lowest BCUT2D eigenvalue weighted by molar-refractivity contribution is 0.0800. The minimum atomic E-state index is -0.524. The molecule has 3 aromatic carbocycles. The van der Waals surface area contributed by atoms with Gasteiger partial charge in [-0.05, 0) is 42.3 Å². The van der Waals surface area contributed by atoms with Gasteiger partial charge in [-0.3, -0.25) is 4.79 Å². The molecule has 3 N–H and O–H groups in total. The fourth-order valence-electron chi connectivity index (χ4n) is 4.87. The first kappa shape index (κ1) is 28.4. The standard InChI is InChI=1S/C31H27Cl2N7O3/c32-20-8-9-24-27(14-20)39-29(37-24)25(10-11-34-31(42)43-17-19-6-2-1-3-7-19)38-28-22-15-23(33)21(16-26(22)35-18-36-28)30(41)40-12-4-5-13-40/h1-9,14-16,18,25H,10-13,17H2,(H,34,42)(H,37,39)(H,35,36,38)/t25-/m0/s1. The lowest BCUT2D eigenvalue weighted by Crippen LogP contribution is -2.28. The molecule has 2 aromatic heterocycles. The van der Waals surface area contributed by atoms with Crippen molar-refractivity contribution in [1.29, 1.82) is 0 Å². The Bertz CT molecular complexity index is 1820. The molecular weight excluding hydrogens is 589 g/mol. The Kier molecular flexibility index (Phi) is 8.39. The van der Waals surface area contributed by atoms with Gasteiger partial charge in [-0.15, -0.1) is 0 Å². The number of ether oxygens (including phenoxy) is 1. The van der Waals surface area contributed by atoms with Crippen molar-refractivity contribution in [2.75, 3.05) is 25.0 Å². The summed E-state index contributed by atoms with van der Waals surface area (Å²) in [6.45, 7) is 1.55. The molecule has 10 nitrogen and oxygen atoms in total. The number of hydrogen-bond acceptors (Lipinski definition) is 7. The summed E-state index contributed by atoms with van der Waals surface area (Å²) >= 11 is 12.8. The highest BCUT2D eigenvalue weighted by Crippen LogP contribution is 2.31. The number of hydrogen-bond donors (Lipinski definition) is 3. The summed E-state index contributed by atoms with van der Waals surface area (Å²) in [4.78, 5) is 44.1. The van der Waals surface area contributed by atoms with Gasteiger partial charge in [0.1, 0.15) is 24.6 Å². The monoisotopic (exact) mass is 615 g/mol. The highest BCUT2D eigenvalue weighted by atomic mass is 35.5. The number of anilines is 1. The topological polar surface area (TPSA) is 125 Å². The van der Waals surface area contributed by atoms with E-state index in [1.807, 2.05) is 48.6 Å². The Labute approximate surface area is 257 Å². The van der Waals surface area contributed by atoms with Crippen LogP contribution in [0.25, 0.3) is 21.9 Å². The number of halogens is 2. The minimum Gasteiger partial charge on any atom is -0.445 e. The van der Waals surface area contributed by atoms with Gasteiger partial charge >= 0.3 is 6.09 Å². The average Bonchev–Trinajstić information content (AvgIpc) is 3.70. The van der Waals surface area contributed by atoms with Crippen LogP contribution in [0.3, 0.4) is 0 Å². The fourth-order valence-corrected chi connectivity index (χ4v) is 5.29. The van der Waals surface area contributed by atoms with Crippen LogP contribution < -0.4 is 10.6 Å². The molecule has 0 spiro atoms. The van der Waals surface area contributed by atoms with Crippen LogP contribution >= 0.6 is 23.2 Å². The molecule has 0 saturated heterocycles. The normalized spacial score (nSPS) is 13.4. The van der Waals surface area contributed by atoms with Crippen molar-refractivity contribution in [2.24, 2.45) is 0 Å². The van der Waals surface area contributed by atoms with Crippen LogP contribution in [0, 0.1) is 0 Å². The maximum atomic E-state index is 13.0. The van der Waals surface area contributed by atoms with Crippen molar-refractivity contribution in [3.05, 3.63) is 106 Å². The quantitative estimate of drug-likeness (QED) is 0.166. The zero-order valence-electron chi connectivity index (χ0n) is 22.9. The first-order chi connectivity index (χ1) is 20.9. The number of amides is 2. The number of carbonyl (C=O) groups is 2. The molecule has 0 bridgehead atoms. The van der Waals surface area contributed by atoms with Crippen LogP contribution in [-0.4, -0.2) is 56.5 Å². The van der Waals surface area contributed by atoms with E-state index in [1.54, 1.807) is 29.2 Å². The Hall–Kier alpha value is -4.67. The van der Waals surface area contributed by atoms with E-state index in [2.05, 4.69) is 25.6 Å². The highest BCUT2D eigenvalue weighted by molar-refractivity contribution is 6.35. The van der Waals surface area contributed by atoms with E-state index in [1.165, 1.54) is 6.33 Å². The second-order valence-corrected chi connectivity index (χ2v) is 10.9. The van der Waals surface area contributed by atoms with Gasteiger partial charge < -0.3 is 25.3 Å². The number of H-pyrrole nitrogens is 1. The van der Waals surface area contributed by atoms with Crippen LogP contribution in [0.2, 0.25) is 10.0 Å². The van der Waals surface area contributed by atoms with Crippen molar-refractivity contribution in [3.63, 3.8) is 0 Å². The van der Waals surface area contributed by atoms with Gasteiger partial charge in [0, 0.05) is 30.0 Å². The summed E-state index contributed by atoms with van der Waals surface area (Å²) in [7, 11) is 0. The summed E-state index contributed by atoms with van der Waals surface area (Å²) < 4.78 is 5.35. The number of carbonyl (C=O) groups excluding carboxylic acids is 2. The molecular formula is C31H27Cl2N7O3. The summed E-state index contributed by atoms with van der Waals surface area (Å²) in [6, 6.07) is 17.9. The van der Waals surface area contributed by atoms with Gasteiger partial charge in [-0.1, -0.05) is 65.7 Å². The zero-order chi connectivity index (χ0) is 29.8. The molecule has 5 aromatic rings. The second-order valence-electron chi connectivity index (χ2n) is 10.0. The third-order valence-electron chi connectivity index (χ3n) is 7.08. The molecule has 0 fully saturated rings.